The molecule has 1 aromatic heterocycles. The Bertz CT molecular complexity index is 444. The molecule has 0 unspecified atom stereocenters. The molecule has 0 saturated heterocycles. The van der Waals surface area contributed by atoms with E-state index in [1.807, 2.05) is 6.92 Å². The molecule has 0 atom stereocenters. The molecule has 1 rings (SSSR count). The first kappa shape index (κ1) is 14.5. The number of H-pyrrole nitrogens is 1. The van der Waals surface area contributed by atoms with E-state index in [4.69, 9.17) is 16.3 Å². The second-order valence-electron chi connectivity index (χ2n) is 3.52. The van der Waals surface area contributed by atoms with E-state index in [0.29, 0.717) is 25.5 Å². The van der Waals surface area contributed by atoms with Crippen molar-refractivity contribution in [3.05, 3.63) is 18.0 Å². The van der Waals surface area contributed by atoms with Crippen LogP contribution in [0.4, 0.5) is 0 Å². The van der Waals surface area contributed by atoms with Crippen molar-refractivity contribution in [1.82, 2.24) is 9.29 Å². The van der Waals surface area contributed by atoms with Gasteiger partial charge in [0, 0.05) is 32.1 Å². The van der Waals surface area contributed by atoms with E-state index in [1.54, 1.807) is 6.07 Å². The molecule has 0 spiro atoms. The predicted octanol–water partition coefficient (Wildman–Crippen LogP) is 1.41. The third-order valence-corrected chi connectivity index (χ3v) is 4.45. The van der Waals surface area contributed by atoms with Crippen LogP contribution in [0, 0.1) is 0 Å². The number of sulfonamides is 1. The number of hydrogen-bond donors (Lipinski definition) is 1. The zero-order valence-electron chi connectivity index (χ0n) is 9.94. The molecule has 1 heterocycles. The highest BCUT2D eigenvalue weighted by Crippen LogP contribution is 2.16. The van der Waals surface area contributed by atoms with Crippen LogP contribution in [0.5, 0.6) is 0 Å². The van der Waals surface area contributed by atoms with Crippen LogP contribution >= 0.6 is 11.6 Å². The second-order valence-corrected chi connectivity index (χ2v) is 5.83. The first-order valence-corrected chi connectivity index (χ1v) is 7.27. The molecule has 98 valence electrons. The van der Waals surface area contributed by atoms with Crippen molar-refractivity contribution in [3.63, 3.8) is 0 Å². The largest absolute Gasteiger partial charge is 0.380 e. The quantitative estimate of drug-likeness (QED) is 0.607. The van der Waals surface area contributed by atoms with E-state index in [-0.39, 0.29) is 10.8 Å². The fraction of sp³-hybridized carbons (Fsp3) is 0.600. The van der Waals surface area contributed by atoms with Gasteiger partial charge in [-0.3, -0.25) is 0 Å². The number of hydrogen-bond acceptors (Lipinski definition) is 3. The summed E-state index contributed by atoms with van der Waals surface area (Å²) in [5.74, 6) is 0.262. The summed E-state index contributed by atoms with van der Waals surface area (Å²) in [6, 6.07) is 1.54. The summed E-state index contributed by atoms with van der Waals surface area (Å²) in [6.07, 6.45) is 1.45. The van der Waals surface area contributed by atoms with Gasteiger partial charge in [0.25, 0.3) is 0 Å². The summed E-state index contributed by atoms with van der Waals surface area (Å²) in [5, 5.41) is 0. The summed E-state index contributed by atoms with van der Waals surface area (Å²) in [7, 11) is -1.92. The second kappa shape index (κ2) is 6.39. The van der Waals surface area contributed by atoms with Crippen LogP contribution in [0.3, 0.4) is 0 Å². The van der Waals surface area contributed by atoms with Crippen LogP contribution < -0.4 is 0 Å². The molecule has 5 nitrogen and oxygen atoms in total. The van der Waals surface area contributed by atoms with Crippen LogP contribution in [0.1, 0.15) is 12.6 Å². The number of ether oxygens (including phenoxy) is 1. The minimum absolute atomic E-state index is 0.229. The molecule has 0 aliphatic carbocycles. The number of nitrogens with one attached hydrogen (secondary N) is 1. The number of aromatic amines is 1. The molecular weight excluding hydrogens is 264 g/mol. The van der Waals surface area contributed by atoms with Gasteiger partial charge in [0.15, 0.2) is 0 Å². The van der Waals surface area contributed by atoms with Gasteiger partial charge in [-0.1, -0.05) is 0 Å². The summed E-state index contributed by atoms with van der Waals surface area (Å²) in [6.45, 7) is 3.17. The fourth-order valence-electron chi connectivity index (χ4n) is 1.28. The lowest BCUT2D eigenvalue weighted by atomic mass is 10.5. The van der Waals surface area contributed by atoms with Gasteiger partial charge < -0.3 is 9.72 Å². The van der Waals surface area contributed by atoms with Gasteiger partial charge in [0.05, 0.1) is 17.4 Å². The number of rotatable bonds is 7. The number of alkyl halides is 1. The number of aromatic nitrogens is 1. The van der Waals surface area contributed by atoms with E-state index in [2.05, 4.69) is 4.98 Å². The minimum Gasteiger partial charge on any atom is -0.380 e. The molecule has 0 aliphatic heterocycles. The molecule has 0 amide bonds. The number of nitrogens with zero attached hydrogens (tertiary/aromatic N) is 1. The Morgan fingerprint density at radius 2 is 2.24 bits per heavy atom. The lowest BCUT2D eigenvalue weighted by Gasteiger charge is -2.15. The van der Waals surface area contributed by atoms with Crippen LogP contribution in [-0.2, 0) is 20.6 Å². The Morgan fingerprint density at radius 3 is 2.76 bits per heavy atom. The molecule has 0 saturated carbocycles. The lowest BCUT2D eigenvalue weighted by Crippen LogP contribution is -2.30. The maximum atomic E-state index is 12.1. The maximum Gasteiger partial charge on any atom is 0.244 e. The summed E-state index contributed by atoms with van der Waals surface area (Å²) < 4.78 is 30.5. The molecule has 0 aliphatic rings. The summed E-state index contributed by atoms with van der Waals surface area (Å²) in [5.41, 5.74) is 0.684. The van der Waals surface area contributed by atoms with Crippen LogP contribution in [-0.4, -0.2) is 44.5 Å². The highest BCUT2D eigenvalue weighted by atomic mass is 35.5. The zero-order chi connectivity index (χ0) is 12.9. The molecule has 0 radical (unpaired) electrons. The van der Waals surface area contributed by atoms with Gasteiger partial charge >= 0.3 is 0 Å². The summed E-state index contributed by atoms with van der Waals surface area (Å²) in [4.78, 5) is 3.04. The number of halogens is 1. The van der Waals surface area contributed by atoms with Gasteiger partial charge in [-0.15, -0.1) is 11.6 Å². The van der Waals surface area contributed by atoms with Crippen molar-refractivity contribution in [2.75, 3.05) is 26.8 Å². The summed E-state index contributed by atoms with van der Waals surface area (Å²) >= 11 is 5.61. The van der Waals surface area contributed by atoms with Gasteiger partial charge in [0.2, 0.25) is 10.0 Å². The van der Waals surface area contributed by atoms with Crippen molar-refractivity contribution < 1.29 is 13.2 Å². The van der Waals surface area contributed by atoms with E-state index < -0.39 is 10.0 Å². The van der Waals surface area contributed by atoms with E-state index in [9.17, 15) is 8.42 Å². The highest BCUT2D eigenvalue weighted by Gasteiger charge is 2.21. The van der Waals surface area contributed by atoms with Crippen LogP contribution in [0.2, 0.25) is 0 Å². The molecule has 7 heteroatoms. The standard InChI is InChI=1S/C10H17ClN2O3S/c1-3-16-5-4-13(2)17(14,15)10-6-9(7-11)12-8-10/h6,8,12H,3-5,7H2,1-2H3. The maximum absolute atomic E-state index is 12.1. The van der Waals surface area contributed by atoms with Crippen molar-refractivity contribution >= 4 is 21.6 Å². The topological polar surface area (TPSA) is 62.4 Å². The third kappa shape index (κ3) is 3.70. The molecule has 0 bridgehead atoms. The molecule has 0 fully saturated rings. The third-order valence-electron chi connectivity index (χ3n) is 2.32. The molecule has 17 heavy (non-hydrogen) atoms. The number of likely N-dealkylation sites (N-methyl/N-ethyl adjacent to an activating group) is 1. The van der Waals surface area contributed by atoms with Gasteiger partial charge in [0.1, 0.15) is 0 Å². The van der Waals surface area contributed by atoms with Crippen molar-refractivity contribution in [3.8, 4) is 0 Å². The average Bonchev–Trinajstić information content (AvgIpc) is 2.78. The zero-order valence-corrected chi connectivity index (χ0v) is 11.5. The molecule has 1 aromatic rings. The SMILES string of the molecule is CCOCCN(C)S(=O)(=O)c1c[nH]c(CCl)c1. The average molecular weight is 281 g/mol. The lowest BCUT2D eigenvalue weighted by molar-refractivity contribution is 0.138. The van der Waals surface area contributed by atoms with Gasteiger partial charge in [-0.05, 0) is 13.0 Å². The van der Waals surface area contributed by atoms with Crippen LogP contribution in [0.25, 0.3) is 0 Å². The van der Waals surface area contributed by atoms with Crippen molar-refractivity contribution in [2.45, 2.75) is 17.7 Å². The van der Waals surface area contributed by atoms with Crippen LogP contribution in [0.15, 0.2) is 17.2 Å². The van der Waals surface area contributed by atoms with Crippen molar-refractivity contribution in [1.29, 1.82) is 0 Å². The van der Waals surface area contributed by atoms with Gasteiger partial charge in [-0.25, -0.2) is 8.42 Å². The molecular formula is C10H17ClN2O3S. The van der Waals surface area contributed by atoms with Crippen molar-refractivity contribution in [2.24, 2.45) is 0 Å². The highest BCUT2D eigenvalue weighted by molar-refractivity contribution is 7.89. The first-order valence-electron chi connectivity index (χ1n) is 5.29. The Labute approximate surface area is 107 Å². The van der Waals surface area contributed by atoms with Gasteiger partial charge in [-0.2, -0.15) is 4.31 Å². The Balaban J connectivity index is 2.73. The molecule has 0 aromatic carbocycles. The normalized spacial score (nSPS) is 12.2. The Hall–Kier alpha value is -0.560. The Kier molecular flexibility index (Phi) is 5.45. The first-order chi connectivity index (χ1) is 8.02. The Morgan fingerprint density at radius 1 is 1.53 bits per heavy atom. The van der Waals surface area contributed by atoms with E-state index in [0.717, 1.165) is 0 Å². The predicted molar refractivity (Wildman–Crippen MR) is 66.7 cm³/mol. The molecule has 1 N–H and O–H groups in total. The fourth-order valence-corrected chi connectivity index (χ4v) is 2.61. The van der Waals surface area contributed by atoms with E-state index in [1.165, 1.54) is 17.5 Å². The smallest absolute Gasteiger partial charge is 0.244 e. The minimum atomic E-state index is -3.45. The van der Waals surface area contributed by atoms with E-state index >= 15 is 0 Å². The monoisotopic (exact) mass is 280 g/mol.